The van der Waals surface area contributed by atoms with Gasteiger partial charge in [-0.2, -0.15) is 0 Å². The molecule has 188 valence electrons. The zero-order valence-electron chi connectivity index (χ0n) is 19.7. The van der Waals surface area contributed by atoms with Crippen LogP contribution in [0.25, 0.3) is 0 Å². The van der Waals surface area contributed by atoms with Crippen LogP contribution in [0, 0.1) is 16.0 Å². The van der Waals surface area contributed by atoms with Crippen LogP contribution in [-0.2, 0) is 20.8 Å². The van der Waals surface area contributed by atoms with Gasteiger partial charge in [0.1, 0.15) is 6.04 Å². The number of unbranched alkanes of at least 4 members (excludes halogenated alkanes) is 2. The molecule has 3 amide bonds. The molecule has 0 unspecified atom stereocenters. The molecular weight excluding hydrogens is 444 g/mol. The van der Waals surface area contributed by atoms with Gasteiger partial charge in [0.15, 0.2) is 0 Å². The maximum Gasteiger partial charge on any atom is 0.426 e. The first kappa shape index (κ1) is 28.5. The highest BCUT2D eigenvalue weighted by molar-refractivity contribution is 5.88. The van der Waals surface area contributed by atoms with Crippen LogP contribution >= 0.6 is 0 Å². The topological polar surface area (TPSA) is 159 Å². The molecule has 0 heterocycles. The lowest BCUT2D eigenvalue weighted by Crippen LogP contribution is -2.54. The van der Waals surface area contributed by atoms with E-state index in [1.54, 1.807) is 0 Å². The maximum absolute atomic E-state index is 12.7. The van der Waals surface area contributed by atoms with E-state index in [1.807, 2.05) is 44.2 Å². The molecule has 1 aromatic carbocycles. The number of carboxylic acid groups (broad SMARTS) is 1. The van der Waals surface area contributed by atoms with E-state index in [2.05, 4.69) is 10.7 Å². The van der Waals surface area contributed by atoms with E-state index in [0.29, 0.717) is 32.1 Å². The summed E-state index contributed by atoms with van der Waals surface area (Å²) in [5, 5.41) is 23.2. The van der Waals surface area contributed by atoms with Gasteiger partial charge in [-0.15, -0.1) is 0 Å². The van der Waals surface area contributed by atoms with Crippen molar-refractivity contribution in [2.75, 3.05) is 13.1 Å². The van der Waals surface area contributed by atoms with Gasteiger partial charge in [0.05, 0.1) is 0 Å². The van der Waals surface area contributed by atoms with Gasteiger partial charge >= 0.3 is 6.09 Å². The van der Waals surface area contributed by atoms with Crippen LogP contribution in [0.4, 0.5) is 4.79 Å². The summed E-state index contributed by atoms with van der Waals surface area (Å²) in [6.07, 6.45) is 0.974. The second-order valence-corrected chi connectivity index (χ2v) is 8.49. The number of carbonyl (C=O) groups is 4. The molecule has 1 aromatic rings. The number of carbonyl (C=O) groups excluding carboxylic acids is 3. The number of nitrogens with zero attached hydrogens (tertiary/aromatic N) is 2. The van der Waals surface area contributed by atoms with E-state index in [4.69, 9.17) is 0 Å². The van der Waals surface area contributed by atoms with Crippen molar-refractivity contribution >= 4 is 23.7 Å². The number of nitrogens with one attached hydrogen (secondary N) is 2. The van der Waals surface area contributed by atoms with Crippen LogP contribution < -0.4 is 10.7 Å². The summed E-state index contributed by atoms with van der Waals surface area (Å²) in [5.74, 6) is -1.32. The van der Waals surface area contributed by atoms with Crippen LogP contribution in [0.15, 0.2) is 30.3 Å². The molecule has 0 bridgehead atoms. The molecule has 3 N–H and O–H groups in total. The van der Waals surface area contributed by atoms with Gasteiger partial charge in [-0.05, 0) is 37.2 Å². The number of aryl methyl sites for hydroxylation is 1. The van der Waals surface area contributed by atoms with Crippen molar-refractivity contribution < 1.29 is 29.2 Å². The second kappa shape index (κ2) is 15.4. The summed E-state index contributed by atoms with van der Waals surface area (Å²) in [7, 11) is 0. The zero-order valence-corrected chi connectivity index (χ0v) is 19.7. The minimum atomic E-state index is -1.35. The number of Topliss-reactive ketones (excluding diaryl/α,β-unsaturated/α-hetero) is 1. The summed E-state index contributed by atoms with van der Waals surface area (Å²) in [4.78, 5) is 57.7. The lowest BCUT2D eigenvalue weighted by molar-refractivity contribution is -0.467. The highest BCUT2D eigenvalue weighted by Crippen LogP contribution is 2.08. The van der Waals surface area contributed by atoms with Crippen LogP contribution in [0.3, 0.4) is 0 Å². The molecule has 0 saturated carbocycles. The average molecular weight is 479 g/mol. The highest BCUT2D eigenvalue weighted by Gasteiger charge is 2.25. The van der Waals surface area contributed by atoms with Crippen molar-refractivity contribution in [3.8, 4) is 0 Å². The second-order valence-electron chi connectivity index (χ2n) is 8.49. The maximum atomic E-state index is 12.7. The van der Waals surface area contributed by atoms with Crippen LogP contribution in [0.2, 0.25) is 0 Å². The molecular formula is C23H34N4O7. The Morgan fingerprint density at radius 2 is 1.74 bits per heavy atom. The summed E-state index contributed by atoms with van der Waals surface area (Å²) >= 11 is 0. The quantitative estimate of drug-likeness (QED) is 0.198. The Morgan fingerprint density at radius 1 is 1.06 bits per heavy atom. The number of ketones is 1. The van der Waals surface area contributed by atoms with Crippen LogP contribution in [-0.4, -0.2) is 57.9 Å². The van der Waals surface area contributed by atoms with E-state index >= 15 is 0 Å². The number of amides is 3. The fourth-order valence-electron chi connectivity index (χ4n) is 3.27. The van der Waals surface area contributed by atoms with Crippen molar-refractivity contribution in [2.45, 2.75) is 64.8 Å². The molecule has 0 spiro atoms. The van der Waals surface area contributed by atoms with Crippen LogP contribution in [0.5, 0.6) is 0 Å². The Morgan fingerprint density at radius 3 is 2.32 bits per heavy atom. The van der Waals surface area contributed by atoms with Crippen LogP contribution in [0.1, 0.15) is 57.9 Å². The van der Waals surface area contributed by atoms with E-state index < -0.39 is 35.3 Å². The van der Waals surface area contributed by atoms with E-state index in [0.717, 1.165) is 10.6 Å². The van der Waals surface area contributed by atoms with Crippen molar-refractivity contribution in [2.24, 2.45) is 5.92 Å². The average Bonchev–Trinajstić information content (AvgIpc) is 2.75. The Hall–Kier alpha value is -3.50. The van der Waals surface area contributed by atoms with Gasteiger partial charge < -0.3 is 10.4 Å². The largest absolute Gasteiger partial charge is 0.464 e. The van der Waals surface area contributed by atoms with Crippen molar-refractivity contribution in [3.05, 3.63) is 46.0 Å². The number of hydrazine groups is 1. The fourth-order valence-corrected chi connectivity index (χ4v) is 3.27. The predicted molar refractivity (Wildman–Crippen MR) is 124 cm³/mol. The van der Waals surface area contributed by atoms with Gasteiger partial charge in [-0.1, -0.05) is 50.6 Å². The van der Waals surface area contributed by atoms with Crippen molar-refractivity contribution in [3.63, 3.8) is 0 Å². The van der Waals surface area contributed by atoms with Crippen molar-refractivity contribution in [1.29, 1.82) is 0 Å². The molecule has 0 aromatic heterocycles. The lowest BCUT2D eigenvalue weighted by Gasteiger charge is -2.25. The van der Waals surface area contributed by atoms with Gasteiger partial charge in [-0.25, -0.2) is 9.80 Å². The molecule has 11 heteroatoms. The lowest BCUT2D eigenvalue weighted by atomic mass is 10.0. The Bertz CT molecular complexity index is 830. The SMILES string of the molecule is CC(C)C[C@H](NC(=O)CCc1ccccc1)C(=O)NN(CCCCCC(=O)C[N+](=O)[O-])C(=O)O. The summed E-state index contributed by atoms with van der Waals surface area (Å²) in [6.45, 7) is 3.06. The highest BCUT2D eigenvalue weighted by atomic mass is 16.6. The molecule has 0 radical (unpaired) electrons. The Labute approximate surface area is 199 Å². The zero-order chi connectivity index (χ0) is 25.5. The van der Waals surface area contributed by atoms with E-state index in [1.165, 1.54) is 0 Å². The number of hydrogen-bond donors (Lipinski definition) is 3. The third kappa shape index (κ3) is 12.5. The third-order valence-electron chi connectivity index (χ3n) is 4.96. The predicted octanol–water partition coefficient (Wildman–Crippen LogP) is 2.57. The fraction of sp³-hybridized carbons (Fsp3) is 0.565. The molecule has 34 heavy (non-hydrogen) atoms. The first-order chi connectivity index (χ1) is 16.1. The van der Waals surface area contributed by atoms with E-state index in [9.17, 15) is 34.4 Å². The van der Waals surface area contributed by atoms with Gasteiger partial charge in [0, 0.05) is 24.3 Å². The summed E-state index contributed by atoms with van der Waals surface area (Å²) in [5.41, 5.74) is 3.35. The summed E-state index contributed by atoms with van der Waals surface area (Å²) < 4.78 is 0. The van der Waals surface area contributed by atoms with Gasteiger partial charge in [0.25, 0.3) is 12.5 Å². The first-order valence-electron chi connectivity index (χ1n) is 11.4. The molecule has 0 saturated heterocycles. The Balaban J connectivity index is 2.55. The van der Waals surface area contributed by atoms with Gasteiger partial charge in [0.2, 0.25) is 11.7 Å². The van der Waals surface area contributed by atoms with Crippen molar-refractivity contribution in [1.82, 2.24) is 15.8 Å². The minimum absolute atomic E-state index is 0.0130. The monoisotopic (exact) mass is 478 g/mol. The number of rotatable bonds is 15. The molecule has 0 aliphatic carbocycles. The molecule has 1 rings (SSSR count). The minimum Gasteiger partial charge on any atom is -0.464 e. The number of nitro groups is 1. The molecule has 11 nitrogen and oxygen atoms in total. The molecule has 0 fully saturated rings. The first-order valence-corrected chi connectivity index (χ1v) is 11.4. The number of benzene rings is 1. The molecule has 0 aliphatic heterocycles. The van der Waals surface area contributed by atoms with Gasteiger partial charge in [-0.3, -0.25) is 29.9 Å². The third-order valence-corrected chi connectivity index (χ3v) is 4.96. The smallest absolute Gasteiger partial charge is 0.426 e. The molecule has 1 atom stereocenters. The standard InChI is InChI=1S/C23H34N4O7/c1-17(2)15-20(24-21(29)13-12-18-9-5-3-6-10-18)22(30)25-26(23(31)32)14-8-4-7-11-19(28)16-27(33)34/h3,5-6,9-10,17,20H,4,7-8,11-16H2,1-2H3,(H,24,29)(H,25,30)(H,31,32)/t20-/m0/s1. The Kier molecular flexibility index (Phi) is 12.9. The number of hydrogen-bond acceptors (Lipinski definition) is 6. The van der Waals surface area contributed by atoms with E-state index in [-0.39, 0.29) is 31.2 Å². The molecule has 0 aliphatic rings. The normalized spacial score (nSPS) is 11.5. The summed E-state index contributed by atoms with van der Waals surface area (Å²) in [6, 6.07) is 8.59.